The van der Waals surface area contributed by atoms with Crippen molar-refractivity contribution in [2.24, 2.45) is 0 Å². The van der Waals surface area contributed by atoms with Gasteiger partial charge in [-0.2, -0.15) is 0 Å². The van der Waals surface area contributed by atoms with E-state index in [1.54, 1.807) is 18.2 Å². The van der Waals surface area contributed by atoms with Crippen LogP contribution in [0.3, 0.4) is 0 Å². The highest BCUT2D eigenvalue weighted by atomic mass is 35.5. The molecule has 1 amide bonds. The first-order chi connectivity index (χ1) is 9.61. The number of benzene rings is 2. The Balaban J connectivity index is 1.83. The molecule has 2 aromatic rings. The minimum absolute atomic E-state index is 0.0928. The maximum absolute atomic E-state index is 12.1. The molecule has 2 N–H and O–H groups in total. The number of carbonyl (C=O) groups is 1. The summed E-state index contributed by atoms with van der Waals surface area (Å²) >= 11 is 13.4. The number of fused-ring (bicyclic) bond motifs is 1. The second-order valence-corrected chi connectivity index (χ2v) is 6.31. The van der Waals surface area contributed by atoms with E-state index in [9.17, 15) is 4.79 Å². The molecule has 0 fully saturated rings. The van der Waals surface area contributed by atoms with Crippen molar-refractivity contribution in [2.45, 2.75) is 10.3 Å². The summed E-state index contributed by atoms with van der Waals surface area (Å²) in [4.78, 5) is 13.1. The van der Waals surface area contributed by atoms with Gasteiger partial charge in [0, 0.05) is 20.6 Å². The number of hydrogen-bond donors (Lipinski definition) is 2. The van der Waals surface area contributed by atoms with Gasteiger partial charge in [-0.3, -0.25) is 4.79 Å². The van der Waals surface area contributed by atoms with E-state index in [1.165, 1.54) is 11.8 Å². The zero-order valence-electron chi connectivity index (χ0n) is 10.2. The molecule has 102 valence electrons. The highest BCUT2D eigenvalue weighted by Crippen LogP contribution is 2.36. The quantitative estimate of drug-likeness (QED) is 0.855. The lowest BCUT2D eigenvalue weighted by Gasteiger charge is -2.25. The molecule has 1 aliphatic rings. The summed E-state index contributed by atoms with van der Waals surface area (Å²) in [7, 11) is 0. The van der Waals surface area contributed by atoms with E-state index < -0.39 is 5.37 Å². The Morgan fingerprint density at radius 3 is 2.55 bits per heavy atom. The Morgan fingerprint density at radius 1 is 1.10 bits per heavy atom. The highest BCUT2D eigenvalue weighted by Gasteiger charge is 2.26. The van der Waals surface area contributed by atoms with E-state index in [1.807, 2.05) is 24.3 Å². The van der Waals surface area contributed by atoms with E-state index in [2.05, 4.69) is 10.6 Å². The topological polar surface area (TPSA) is 41.1 Å². The number of rotatable bonds is 2. The lowest BCUT2D eigenvalue weighted by molar-refractivity contribution is -0.115. The second kappa shape index (κ2) is 5.56. The molecular weight excluding hydrogens is 315 g/mol. The van der Waals surface area contributed by atoms with Crippen molar-refractivity contribution in [2.75, 3.05) is 10.6 Å². The van der Waals surface area contributed by atoms with Crippen molar-refractivity contribution < 1.29 is 4.79 Å². The third-order valence-electron chi connectivity index (χ3n) is 2.79. The first kappa shape index (κ1) is 13.6. The van der Waals surface area contributed by atoms with Crippen molar-refractivity contribution in [1.82, 2.24) is 0 Å². The SMILES string of the molecule is O=C1Nc2ccccc2SC1Nc1cc(Cl)cc(Cl)c1. The summed E-state index contributed by atoms with van der Waals surface area (Å²) in [6.45, 7) is 0. The molecule has 20 heavy (non-hydrogen) atoms. The number of para-hydroxylation sites is 1. The number of halogens is 2. The molecule has 0 saturated heterocycles. The fourth-order valence-electron chi connectivity index (χ4n) is 1.93. The molecule has 1 heterocycles. The Bertz CT molecular complexity index is 658. The molecular formula is C14H10Cl2N2OS. The fraction of sp³-hybridized carbons (Fsp3) is 0.0714. The normalized spacial score (nSPS) is 17.3. The largest absolute Gasteiger partial charge is 0.365 e. The van der Waals surface area contributed by atoms with Crippen LogP contribution in [-0.2, 0) is 4.79 Å². The number of anilines is 2. The van der Waals surface area contributed by atoms with Crippen LogP contribution < -0.4 is 10.6 Å². The number of thioether (sulfide) groups is 1. The van der Waals surface area contributed by atoms with Gasteiger partial charge >= 0.3 is 0 Å². The Hall–Kier alpha value is -1.36. The average Bonchev–Trinajstić information content (AvgIpc) is 2.38. The first-order valence-corrected chi connectivity index (χ1v) is 7.54. The van der Waals surface area contributed by atoms with Crippen LogP contribution in [0.4, 0.5) is 11.4 Å². The third kappa shape index (κ3) is 2.87. The second-order valence-electron chi connectivity index (χ2n) is 4.29. The van der Waals surface area contributed by atoms with Gasteiger partial charge in [-0.1, -0.05) is 47.1 Å². The predicted octanol–water partition coefficient (Wildman–Crippen LogP) is 4.48. The van der Waals surface area contributed by atoms with Crippen molar-refractivity contribution in [3.05, 3.63) is 52.5 Å². The van der Waals surface area contributed by atoms with Gasteiger partial charge in [-0.05, 0) is 30.3 Å². The fourth-order valence-corrected chi connectivity index (χ4v) is 3.48. The summed E-state index contributed by atoms with van der Waals surface area (Å²) < 4.78 is 0. The van der Waals surface area contributed by atoms with Crippen LogP contribution in [0.5, 0.6) is 0 Å². The van der Waals surface area contributed by atoms with Crippen molar-refractivity contribution in [3.8, 4) is 0 Å². The molecule has 0 bridgehead atoms. The Labute approximate surface area is 130 Å². The van der Waals surface area contributed by atoms with Gasteiger partial charge in [0.25, 0.3) is 5.91 Å². The molecule has 1 unspecified atom stereocenters. The molecule has 0 aliphatic carbocycles. The number of nitrogens with one attached hydrogen (secondary N) is 2. The minimum atomic E-state index is -0.417. The number of carbonyl (C=O) groups excluding carboxylic acids is 1. The van der Waals surface area contributed by atoms with Crippen LogP contribution >= 0.6 is 35.0 Å². The highest BCUT2D eigenvalue weighted by molar-refractivity contribution is 8.01. The molecule has 1 atom stereocenters. The van der Waals surface area contributed by atoms with Crippen LogP contribution in [0.2, 0.25) is 10.0 Å². The standard InChI is InChI=1S/C14H10Cl2N2OS/c15-8-5-9(16)7-10(6-8)17-14-13(19)18-11-3-1-2-4-12(11)20-14/h1-7,14,17H,(H,18,19). The summed E-state index contributed by atoms with van der Waals surface area (Å²) in [5, 5.41) is 6.65. The average molecular weight is 325 g/mol. The molecule has 2 aromatic carbocycles. The summed E-state index contributed by atoms with van der Waals surface area (Å²) in [6.07, 6.45) is 0. The van der Waals surface area contributed by atoms with Crippen molar-refractivity contribution in [3.63, 3.8) is 0 Å². The molecule has 0 radical (unpaired) electrons. The van der Waals surface area contributed by atoms with E-state index in [0.717, 1.165) is 16.3 Å². The van der Waals surface area contributed by atoms with Gasteiger partial charge in [0.1, 0.15) is 0 Å². The van der Waals surface area contributed by atoms with Gasteiger partial charge in [0.05, 0.1) is 5.69 Å². The van der Waals surface area contributed by atoms with E-state index in [4.69, 9.17) is 23.2 Å². The molecule has 0 saturated carbocycles. The van der Waals surface area contributed by atoms with E-state index in [-0.39, 0.29) is 5.91 Å². The number of amides is 1. The molecule has 6 heteroatoms. The summed E-state index contributed by atoms with van der Waals surface area (Å²) in [6, 6.07) is 12.8. The van der Waals surface area contributed by atoms with Gasteiger partial charge in [-0.15, -0.1) is 0 Å². The third-order valence-corrected chi connectivity index (χ3v) is 4.40. The summed E-state index contributed by atoms with van der Waals surface area (Å²) in [5.74, 6) is -0.0928. The van der Waals surface area contributed by atoms with Crippen LogP contribution in [0, 0.1) is 0 Å². The maximum Gasteiger partial charge on any atom is 0.257 e. The van der Waals surface area contributed by atoms with Crippen LogP contribution in [0.15, 0.2) is 47.4 Å². The maximum atomic E-state index is 12.1. The molecule has 0 spiro atoms. The molecule has 3 rings (SSSR count). The van der Waals surface area contributed by atoms with E-state index in [0.29, 0.717) is 10.0 Å². The van der Waals surface area contributed by atoms with E-state index >= 15 is 0 Å². The van der Waals surface area contributed by atoms with Gasteiger partial charge < -0.3 is 10.6 Å². The lowest BCUT2D eigenvalue weighted by atomic mass is 10.3. The molecule has 0 aromatic heterocycles. The Kier molecular flexibility index (Phi) is 3.78. The van der Waals surface area contributed by atoms with Gasteiger partial charge in [-0.25, -0.2) is 0 Å². The number of hydrogen-bond acceptors (Lipinski definition) is 3. The Morgan fingerprint density at radius 2 is 1.80 bits per heavy atom. The minimum Gasteiger partial charge on any atom is -0.365 e. The van der Waals surface area contributed by atoms with Gasteiger partial charge in [0.2, 0.25) is 0 Å². The predicted molar refractivity (Wildman–Crippen MR) is 84.8 cm³/mol. The molecule has 3 nitrogen and oxygen atoms in total. The van der Waals surface area contributed by atoms with Crippen LogP contribution in [-0.4, -0.2) is 11.3 Å². The van der Waals surface area contributed by atoms with Gasteiger partial charge in [0.15, 0.2) is 5.37 Å². The van der Waals surface area contributed by atoms with Crippen molar-refractivity contribution in [1.29, 1.82) is 0 Å². The monoisotopic (exact) mass is 324 g/mol. The first-order valence-electron chi connectivity index (χ1n) is 5.91. The smallest absolute Gasteiger partial charge is 0.257 e. The zero-order chi connectivity index (χ0) is 14.1. The van der Waals surface area contributed by atoms with Crippen LogP contribution in [0.1, 0.15) is 0 Å². The molecule has 1 aliphatic heterocycles. The van der Waals surface area contributed by atoms with Crippen molar-refractivity contribution >= 4 is 52.2 Å². The zero-order valence-corrected chi connectivity index (χ0v) is 12.5. The summed E-state index contributed by atoms with van der Waals surface area (Å²) in [5.41, 5.74) is 1.55. The lowest BCUT2D eigenvalue weighted by Crippen LogP contribution is -2.34. The van der Waals surface area contributed by atoms with Crippen LogP contribution in [0.25, 0.3) is 0 Å².